The fraction of sp³-hybridized carbons (Fsp3) is 0.833. The van der Waals surface area contributed by atoms with Crippen molar-refractivity contribution in [2.45, 2.75) is 39.7 Å². The summed E-state index contributed by atoms with van der Waals surface area (Å²) in [4.78, 5) is 22.8. The van der Waals surface area contributed by atoms with E-state index in [9.17, 15) is 9.59 Å². The Bertz CT molecular complexity index is 277. The van der Waals surface area contributed by atoms with Crippen LogP contribution >= 0.6 is 12.6 Å². The monoisotopic (exact) mass is 276 g/mol. The highest BCUT2D eigenvalue weighted by Gasteiger charge is 2.17. The molecule has 0 aromatic rings. The highest BCUT2D eigenvalue weighted by atomic mass is 32.1. The molecule has 0 bridgehead atoms. The van der Waals surface area contributed by atoms with Gasteiger partial charge in [0.2, 0.25) is 5.91 Å². The second-order valence-electron chi connectivity index (χ2n) is 5.27. The molecule has 0 spiro atoms. The molecule has 0 aliphatic heterocycles. The molecule has 0 saturated heterocycles. The minimum absolute atomic E-state index is 0.0254. The number of rotatable bonds is 6. The van der Waals surface area contributed by atoms with E-state index in [-0.39, 0.29) is 11.8 Å². The van der Waals surface area contributed by atoms with Gasteiger partial charge < -0.3 is 15.4 Å². The summed E-state index contributed by atoms with van der Waals surface area (Å²) in [6.07, 6.45) is -0.0750. The average Bonchev–Trinajstić information content (AvgIpc) is 2.21. The van der Waals surface area contributed by atoms with Crippen molar-refractivity contribution < 1.29 is 14.3 Å². The summed E-state index contributed by atoms with van der Waals surface area (Å²) >= 11 is 4.01. The van der Waals surface area contributed by atoms with Gasteiger partial charge in [-0.1, -0.05) is 6.92 Å². The van der Waals surface area contributed by atoms with Crippen LogP contribution in [0.15, 0.2) is 0 Å². The second-order valence-corrected chi connectivity index (χ2v) is 5.71. The minimum Gasteiger partial charge on any atom is -0.444 e. The third-order valence-electron chi connectivity index (χ3n) is 1.96. The maximum Gasteiger partial charge on any atom is 0.407 e. The predicted molar refractivity (Wildman–Crippen MR) is 74.9 cm³/mol. The Morgan fingerprint density at radius 3 is 2.39 bits per heavy atom. The molecule has 0 fully saturated rings. The quantitative estimate of drug-likeness (QED) is 0.645. The van der Waals surface area contributed by atoms with Crippen molar-refractivity contribution in [3.8, 4) is 0 Å². The van der Waals surface area contributed by atoms with Crippen LogP contribution in [0.2, 0.25) is 0 Å². The van der Waals surface area contributed by atoms with Crippen molar-refractivity contribution in [1.82, 2.24) is 10.6 Å². The fourth-order valence-corrected chi connectivity index (χ4v) is 1.34. The number of ether oxygens (including phenoxy) is 1. The van der Waals surface area contributed by atoms with Gasteiger partial charge in [-0.2, -0.15) is 12.6 Å². The molecule has 18 heavy (non-hydrogen) atoms. The average molecular weight is 276 g/mol. The van der Waals surface area contributed by atoms with Crippen molar-refractivity contribution in [2.75, 3.05) is 18.8 Å². The van der Waals surface area contributed by atoms with E-state index in [2.05, 4.69) is 23.3 Å². The Labute approximate surface area is 114 Å². The smallest absolute Gasteiger partial charge is 0.407 e. The standard InChI is InChI=1S/C12H24N2O3S/c1-9(7-10(15)13-5-6-18)8-14-11(16)17-12(2,3)4/h9,18H,5-8H2,1-4H3,(H,13,15)(H,14,16)/t9-/m0/s1. The highest BCUT2D eigenvalue weighted by Crippen LogP contribution is 2.07. The number of nitrogens with one attached hydrogen (secondary N) is 2. The summed E-state index contributed by atoms with van der Waals surface area (Å²) in [7, 11) is 0. The van der Waals surface area contributed by atoms with Gasteiger partial charge in [0, 0.05) is 25.3 Å². The molecule has 106 valence electrons. The first-order chi connectivity index (χ1) is 8.24. The molecular formula is C12H24N2O3S. The molecule has 0 heterocycles. The van der Waals surface area contributed by atoms with Crippen LogP contribution in [0.5, 0.6) is 0 Å². The van der Waals surface area contributed by atoms with Gasteiger partial charge in [0.1, 0.15) is 5.60 Å². The molecule has 0 aromatic carbocycles. The van der Waals surface area contributed by atoms with Crippen LogP contribution in [0, 0.1) is 5.92 Å². The second kappa shape index (κ2) is 8.24. The maximum atomic E-state index is 11.4. The van der Waals surface area contributed by atoms with Crippen LogP contribution in [0.1, 0.15) is 34.1 Å². The van der Waals surface area contributed by atoms with E-state index in [0.29, 0.717) is 25.3 Å². The van der Waals surface area contributed by atoms with Gasteiger partial charge in [0.25, 0.3) is 0 Å². The molecule has 0 radical (unpaired) electrons. The van der Waals surface area contributed by atoms with Crippen molar-refractivity contribution >= 4 is 24.6 Å². The lowest BCUT2D eigenvalue weighted by atomic mass is 10.1. The molecule has 0 aromatic heterocycles. The first-order valence-electron chi connectivity index (χ1n) is 6.09. The Balaban J connectivity index is 3.79. The van der Waals surface area contributed by atoms with Crippen molar-refractivity contribution in [3.05, 3.63) is 0 Å². The van der Waals surface area contributed by atoms with Gasteiger partial charge >= 0.3 is 6.09 Å². The Hall–Kier alpha value is -0.910. The van der Waals surface area contributed by atoms with E-state index in [0.717, 1.165) is 0 Å². The van der Waals surface area contributed by atoms with Gasteiger partial charge in [-0.05, 0) is 26.7 Å². The van der Waals surface area contributed by atoms with Gasteiger partial charge in [0.05, 0.1) is 0 Å². The van der Waals surface area contributed by atoms with E-state index >= 15 is 0 Å². The van der Waals surface area contributed by atoms with Gasteiger partial charge in [-0.3, -0.25) is 4.79 Å². The number of alkyl carbamates (subject to hydrolysis) is 1. The van der Waals surface area contributed by atoms with Crippen molar-refractivity contribution in [3.63, 3.8) is 0 Å². The number of amides is 2. The lowest BCUT2D eigenvalue weighted by molar-refractivity contribution is -0.121. The zero-order valence-electron chi connectivity index (χ0n) is 11.6. The van der Waals surface area contributed by atoms with Crippen molar-refractivity contribution in [2.24, 2.45) is 5.92 Å². The van der Waals surface area contributed by atoms with Crippen LogP contribution in [0.4, 0.5) is 4.79 Å². The van der Waals surface area contributed by atoms with E-state index in [4.69, 9.17) is 4.74 Å². The molecule has 1 atom stereocenters. The summed E-state index contributed by atoms with van der Waals surface area (Å²) in [6, 6.07) is 0. The first-order valence-corrected chi connectivity index (χ1v) is 6.72. The Morgan fingerprint density at radius 2 is 1.89 bits per heavy atom. The molecule has 0 unspecified atom stereocenters. The Morgan fingerprint density at radius 1 is 1.28 bits per heavy atom. The largest absolute Gasteiger partial charge is 0.444 e. The SMILES string of the molecule is C[C@H](CNC(=O)OC(C)(C)C)CC(=O)NCCS. The fourth-order valence-electron chi connectivity index (χ4n) is 1.23. The lowest BCUT2D eigenvalue weighted by Crippen LogP contribution is -2.36. The van der Waals surface area contributed by atoms with Gasteiger partial charge in [-0.15, -0.1) is 0 Å². The van der Waals surface area contributed by atoms with Gasteiger partial charge in [-0.25, -0.2) is 4.79 Å². The van der Waals surface area contributed by atoms with E-state index in [1.54, 1.807) is 20.8 Å². The number of carbonyl (C=O) groups excluding carboxylic acids is 2. The normalized spacial score (nSPS) is 12.7. The van der Waals surface area contributed by atoms with E-state index < -0.39 is 11.7 Å². The van der Waals surface area contributed by atoms with Gasteiger partial charge in [0.15, 0.2) is 0 Å². The molecule has 2 N–H and O–H groups in total. The zero-order chi connectivity index (χ0) is 14.2. The van der Waals surface area contributed by atoms with Crippen LogP contribution < -0.4 is 10.6 Å². The Kier molecular flexibility index (Phi) is 7.82. The van der Waals surface area contributed by atoms with Crippen LogP contribution in [0.3, 0.4) is 0 Å². The molecule has 6 heteroatoms. The van der Waals surface area contributed by atoms with Crippen LogP contribution in [-0.2, 0) is 9.53 Å². The molecule has 0 aliphatic rings. The summed E-state index contributed by atoms with van der Waals surface area (Å²) in [6.45, 7) is 8.30. The molecule has 0 rings (SSSR count). The predicted octanol–water partition coefficient (Wildman–Crippen LogP) is 1.58. The summed E-state index contributed by atoms with van der Waals surface area (Å²) in [5.41, 5.74) is -0.503. The molecule has 0 aliphatic carbocycles. The third kappa shape index (κ3) is 10.3. The topological polar surface area (TPSA) is 67.4 Å². The summed E-state index contributed by atoms with van der Waals surface area (Å²) in [5, 5.41) is 5.37. The molecule has 2 amide bonds. The zero-order valence-corrected chi connectivity index (χ0v) is 12.5. The number of thiol groups is 1. The summed E-state index contributed by atoms with van der Waals surface area (Å²) < 4.78 is 5.10. The minimum atomic E-state index is -0.503. The maximum absolute atomic E-state index is 11.4. The number of hydrogen-bond donors (Lipinski definition) is 3. The van der Waals surface area contributed by atoms with E-state index in [1.165, 1.54) is 0 Å². The highest BCUT2D eigenvalue weighted by molar-refractivity contribution is 7.80. The first kappa shape index (κ1) is 17.1. The lowest BCUT2D eigenvalue weighted by Gasteiger charge is -2.20. The van der Waals surface area contributed by atoms with Crippen LogP contribution in [-0.4, -0.2) is 36.4 Å². The summed E-state index contributed by atoms with van der Waals surface area (Å²) in [5.74, 6) is 0.663. The molecular weight excluding hydrogens is 252 g/mol. The van der Waals surface area contributed by atoms with Crippen molar-refractivity contribution in [1.29, 1.82) is 0 Å². The number of hydrogen-bond acceptors (Lipinski definition) is 4. The molecule has 5 nitrogen and oxygen atoms in total. The van der Waals surface area contributed by atoms with Crippen LogP contribution in [0.25, 0.3) is 0 Å². The molecule has 0 saturated carbocycles. The number of carbonyl (C=O) groups is 2. The third-order valence-corrected chi connectivity index (χ3v) is 2.19. The van der Waals surface area contributed by atoms with E-state index in [1.807, 2.05) is 6.92 Å².